The summed E-state index contributed by atoms with van der Waals surface area (Å²) in [4.78, 5) is 37.3. The van der Waals surface area contributed by atoms with Gasteiger partial charge in [0.1, 0.15) is 0 Å². The van der Waals surface area contributed by atoms with E-state index in [0.29, 0.717) is 11.7 Å². The molecule has 2 aromatic rings. The van der Waals surface area contributed by atoms with Gasteiger partial charge in [-0.25, -0.2) is 9.59 Å². The monoisotopic (exact) mass is 585 g/mol. The lowest BCUT2D eigenvalue weighted by atomic mass is 10.0. The highest BCUT2D eigenvalue weighted by Gasteiger charge is 2.39. The number of hydrogen-bond acceptors (Lipinski definition) is 7. The van der Waals surface area contributed by atoms with Crippen molar-refractivity contribution in [2.75, 3.05) is 33.7 Å². The number of rotatable bonds is 4. The molecule has 2 aliphatic rings. The molecule has 0 unspecified atom stereocenters. The number of nitrogens with zero attached hydrogens (tertiary/aromatic N) is 4. The summed E-state index contributed by atoms with van der Waals surface area (Å²) in [5, 5.41) is 21.7. The van der Waals surface area contributed by atoms with Crippen LogP contribution in [0, 0.1) is 0 Å². The number of aromatic nitrogens is 2. The molecule has 2 aliphatic heterocycles. The Morgan fingerprint density at radius 2 is 1.60 bits per heavy atom. The summed E-state index contributed by atoms with van der Waals surface area (Å²) in [6.07, 6.45) is -3.75. The van der Waals surface area contributed by atoms with Crippen molar-refractivity contribution in [2.24, 2.45) is 0 Å². The van der Waals surface area contributed by atoms with Gasteiger partial charge in [0.25, 0.3) is 5.91 Å². The number of aromatic amines is 1. The average molecular weight is 586 g/mol. The third-order valence-electron chi connectivity index (χ3n) is 6.17. The van der Waals surface area contributed by atoms with E-state index in [2.05, 4.69) is 34.1 Å². The maximum absolute atomic E-state index is 13.0. The van der Waals surface area contributed by atoms with Gasteiger partial charge in [-0.1, -0.05) is 0 Å². The number of nitrogens with one attached hydrogen (secondary N) is 1. The fourth-order valence-corrected chi connectivity index (χ4v) is 4.06. The van der Waals surface area contributed by atoms with Gasteiger partial charge in [-0.3, -0.25) is 14.8 Å². The minimum atomic E-state index is -5.08. The van der Waals surface area contributed by atoms with Crippen molar-refractivity contribution in [3.8, 4) is 0 Å². The first kappa shape index (κ1) is 32.6. The predicted molar refractivity (Wildman–Crippen MR) is 125 cm³/mol. The first-order chi connectivity index (χ1) is 18.5. The summed E-state index contributed by atoms with van der Waals surface area (Å²) in [6, 6.07) is 2.57. The summed E-state index contributed by atoms with van der Waals surface area (Å²) >= 11 is 0. The summed E-state index contributed by atoms with van der Waals surface area (Å²) < 4.78 is 68.6. The fourth-order valence-electron chi connectivity index (χ4n) is 4.06. The maximum Gasteiger partial charge on any atom is 0.490 e. The van der Waals surface area contributed by atoms with Gasteiger partial charge in [-0.2, -0.15) is 31.4 Å². The Balaban J connectivity index is 0.000000333. The topological polar surface area (TPSA) is 143 Å². The molecule has 2 aromatic heterocycles. The van der Waals surface area contributed by atoms with Gasteiger partial charge in [0.2, 0.25) is 0 Å². The van der Waals surface area contributed by atoms with Crippen LogP contribution >= 0.6 is 0 Å². The van der Waals surface area contributed by atoms with E-state index in [4.69, 9.17) is 24.2 Å². The van der Waals surface area contributed by atoms with Gasteiger partial charge in [-0.05, 0) is 39.4 Å². The molecule has 1 saturated heterocycles. The molecule has 0 aromatic carbocycles. The molecule has 224 valence electrons. The summed E-state index contributed by atoms with van der Waals surface area (Å²) in [5.74, 6) is -5.43. The minimum Gasteiger partial charge on any atom is -0.475 e. The van der Waals surface area contributed by atoms with Crippen molar-refractivity contribution in [3.63, 3.8) is 0 Å². The van der Waals surface area contributed by atoms with Crippen LogP contribution in [0.4, 0.5) is 26.3 Å². The van der Waals surface area contributed by atoms with Crippen LogP contribution < -0.4 is 0 Å². The van der Waals surface area contributed by atoms with E-state index in [1.807, 2.05) is 11.0 Å². The van der Waals surface area contributed by atoms with E-state index >= 15 is 0 Å². The molecule has 3 N–H and O–H groups in total. The molecule has 0 saturated carbocycles. The number of carboxylic acid groups (broad SMARTS) is 2. The van der Waals surface area contributed by atoms with Crippen LogP contribution in [0.1, 0.15) is 40.2 Å². The maximum atomic E-state index is 13.0. The van der Waals surface area contributed by atoms with E-state index in [-0.39, 0.29) is 5.91 Å². The molecule has 11 nitrogen and oxygen atoms in total. The van der Waals surface area contributed by atoms with Crippen molar-refractivity contribution in [1.29, 1.82) is 0 Å². The van der Waals surface area contributed by atoms with Crippen LogP contribution in [0.15, 0.2) is 23.0 Å². The second-order valence-corrected chi connectivity index (χ2v) is 9.21. The molecule has 4 rings (SSSR count). The van der Waals surface area contributed by atoms with E-state index in [0.717, 1.165) is 63.2 Å². The first-order valence-electron chi connectivity index (χ1n) is 11.9. The van der Waals surface area contributed by atoms with Gasteiger partial charge in [0.15, 0.2) is 5.69 Å². The number of alkyl halides is 6. The largest absolute Gasteiger partial charge is 0.490 e. The fraction of sp³-hybridized carbons (Fsp3) is 0.565. The standard InChI is InChI=1S/C19H27N5O2.2C2HF3O2/c1-22(2)15-3-8-24(9-4-15)19(25)18-16-5-7-23(12-17(16)20-21-18)11-14-6-10-26-13-14;2*3-2(4,5)1(6)7/h6,10,13,15H,3-5,7-9,11-12H2,1-2H3,(H,20,21);2*(H,6,7). The third-order valence-corrected chi connectivity index (χ3v) is 6.17. The number of fused-ring (bicyclic) bond motifs is 1. The summed E-state index contributed by atoms with van der Waals surface area (Å²) in [6.45, 7) is 4.21. The number of halogens is 6. The van der Waals surface area contributed by atoms with E-state index < -0.39 is 24.3 Å². The molecular weight excluding hydrogens is 556 g/mol. The molecule has 17 heteroatoms. The Kier molecular flexibility index (Phi) is 11.1. The number of carbonyl (C=O) groups is 3. The molecule has 0 aliphatic carbocycles. The molecule has 4 heterocycles. The van der Waals surface area contributed by atoms with Crippen molar-refractivity contribution >= 4 is 17.8 Å². The number of H-pyrrole nitrogens is 1. The SMILES string of the molecule is CN(C)C1CCN(C(=O)c2n[nH]c3c2CCN(Cc2ccoc2)C3)CC1.O=C(O)C(F)(F)F.O=C(O)C(F)(F)F. The second kappa shape index (κ2) is 13.6. The number of carbonyl (C=O) groups excluding carboxylic acids is 1. The van der Waals surface area contributed by atoms with Crippen LogP contribution in [0.2, 0.25) is 0 Å². The van der Waals surface area contributed by atoms with E-state index in [1.54, 1.807) is 12.5 Å². The number of amides is 1. The number of hydrogen-bond donors (Lipinski definition) is 3. The van der Waals surface area contributed by atoms with E-state index in [1.165, 1.54) is 5.56 Å². The van der Waals surface area contributed by atoms with Gasteiger partial charge in [-0.15, -0.1) is 0 Å². The van der Waals surface area contributed by atoms with Crippen molar-refractivity contribution < 1.29 is 55.4 Å². The number of piperidine rings is 1. The molecule has 0 bridgehead atoms. The highest BCUT2D eigenvalue weighted by atomic mass is 19.4. The van der Waals surface area contributed by atoms with Gasteiger partial charge < -0.3 is 24.4 Å². The van der Waals surface area contributed by atoms with Crippen LogP contribution in [0.25, 0.3) is 0 Å². The van der Waals surface area contributed by atoms with Crippen molar-refractivity contribution in [1.82, 2.24) is 24.9 Å². The zero-order valence-electron chi connectivity index (χ0n) is 21.6. The van der Waals surface area contributed by atoms with Crippen molar-refractivity contribution in [2.45, 2.75) is 50.7 Å². The molecule has 40 heavy (non-hydrogen) atoms. The number of aliphatic carboxylic acids is 2. The Hall–Kier alpha value is -3.60. The quantitative estimate of drug-likeness (QED) is 0.462. The molecule has 0 atom stereocenters. The molecular formula is C23H29F6N5O6. The lowest BCUT2D eigenvalue weighted by Gasteiger charge is -2.35. The van der Waals surface area contributed by atoms with Crippen LogP contribution in [-0.2, 0) is 29.1 Å². The van der Waals surface area contributed by atoms with Crippen molar-refractivity contribution in [3.05, 3.63) is 41.1 Å². The Labute approximate surface area is 224 Å². The number of likely N-dealkylation sites (tertiary alicyclic amines) is 1. The normalized spacial score (nSPS) is 16.4. The lowest BCUT2D eigenvalue weighted by Crippen LogP contribution is -2.44. The third kappa shape index (κ3) is 9.55. The van der Waals surface area contributed by atoms with Crippen LogP contribution in [0.5, 0.6) is 0 Å². The summed E-state index contributed by atoms with van der Waals surface area (Å²) in [7, 11) is 4.23. The van der Waals surface area contributed by atoms with Gasteiger partial charge in [0, 0.05) is 49.9 Å². The van der Waals surface area contributed by atoms with E-state index in [9.17, 15) is 31.1 Å². The molecule has 1 fully saturated rings. The zero-order valence-corrected chi connectivity index (χ0v) is 21.6. The highest BCUT2D eigenvalue weighted by molar-refractivity contribution is 5.94. The van der Waals surface area contributed by atoms with Gasteiger partial charge in [0.05, 0.1) is 18.2 Å². The predicted octanol–water partition coefficient (Wildman–Crippen LogP) is 2.99. The second-order valence-electron chi connectivity index (χ2n) is 9.21. The lowest BCUT2D eigenvalue weighted by molar-refractivity contribution is -0.193. The number of carboxylic acids is 2. The van der Waals surface area contributed by atoms with Gasteiger partial charge >= 0.3 is 24.3 Å². The Bertz CT molecular complexity index is 1100. The zero-order chi connectivity index (χ0) is 30.3. The summed E-state index contributed by atoms with van der Waals surface area (Å²) in [5.41, 5.74) is 3.98. The Morgan fingerprint density at radius 3 is 2.05 bits per heavy atom. The average Bonchev–Trinajstić information content (AvgIpc) is 3.53. The molecule has 0 spiro atoms. The molecule has 1 amide bonds. The minimum absolute atomic E-state index is 0.0861. The smallest absolute Gasteiger partial charge is 0.475 e. The van der Waals surface area contributed by atoms with Crippen LogP contribution in [0.3, 0.4) is 0 Å². The molecule has 0 radical (unpaired) electrons. The number of furan rings is 1. The highest BCUT2D eigenvalue weighted by Crippen LogP contribution is 2.24. The van der Waals surface area contributed by atoms with Crippen LogP contribution in [-0.4, -0.2) is 105 Å². The first-order valence-corrected chi connectivity index (χ1v) is 11.9. The Morgan fingerprint density at radius 1 is 1.05 bits per heavy atom.